The van der Waals surface area contributed by atoms with Crippen LogP contribution in [-0.2, 0) is 12.4 Å². The summed E-state index contributed by atoms with van der Waals surface area (Å²) >= 11 is 1.36. The third kappa shape index (κ3) is 3.89. The maximum Gasteiger partial charge on any atom is 0.431 e. The predicted octanol–water partition coefficient (Wildman–Crippen LogP) is 5.90. The van der Waals surface area contributed by atoms with E-state index in [1.807, 2.05) is 0 Å². The van der Waals surface area contributed by atoms with Crippen molar-refractivity contribution in [2.75, 3.05) is 0 Å². The third-order valence-electron chi connectivity index (χ3n) is 4.13. The molecule has 3 nitrogen and oxygen atoms in total. The van der Waals surface area contributed by atoms with E-state index in [9.17, 15) is 26.3 Å². The first-order valence-corrected chi connectivity index (χ1v) is 9.19. The molecule has 0 aliphatic heterocycles. The number of halogens is 6. The Balaban J connectivity index is 1.87. The number of hydrogen-bond donors (Lipinski definition) is 0. The molecule has 3 aromatic heterocycles. The zero-order valence-corrected chi connectivity index (χ0v) is 15.5. The van der Waals surface area contributed by atoms with Crippen LogP contribution in [0.15, 0.2) is 54.2 Å². The van der Waals surface area contributed by atoms with Gasteiger partial charge in [-0.2, -0.15) is 26.3 Å². The van der Waals surface area contributed by atoms with Gasteiger partial charge in [0.25, 0.3) is 0 Å². The molecule has 0 bridgehead atoms. The molecule has 0 N–H and O–H groups in total. The molecule has 1 aromatic carbocycles. The summed E-state index contributed by atoms with van der Waals surface area (Å²) in [7, 11) is 0. The molecule has 3 heterocycles. The van der Waals surface area contributed by atoms with Crippen molar-refractivity contribution in [2.24, 2.45) is 0 Å². The van der Waals surface area contributed by atoms with Crippen molar-refractivity contribution in [2.45, 2.75) is 12.4 Å². The van der Waals surface area contributed by atoms with Gasteiger partial charge in [-0.1, -0.05) is 18.2 Å². The summed E-state index contributed by atoms with van der Waals surface area (Å²) in [6.45, 7) is 0. The van der Waals surface area contributed by atoms with Gasteiger partial charge >= 0.3 is 12.4 Å². The van der Waals surface area contributed by atoms with E-state index in [0.29, 0.717) is 4.88 Å². The molecular formula is C20H9F6N3S. The minimum absolute atomic E-state index is 0.0302. The van der Waals surface area contributed by atoms with Gasteiger partial charge in [0.05, 0.1) is 16.1 Å². The standard InChI is InChI=1S/C20H9F6N3S/c21-19(22,23)13-5-3-12(4-6-13)16-10-17(20(24,25)26)29-11-27-15(18(29)28-16)8-7-14-2-1-9-30-14/h1-6,9-11H. The second-order valence-electron chi connectivity index (χ2n) is 6.11. The molecule has 0 saturated heterocycles. The highest BCUT2D eigenvalue weighted by atomic mass is 32.1. The maximum atomic E-state index is 13.6. The van der Waals surface area contributed by atoms with E-state index in [4.69, 9.17) is 0 Å². The molecule has 0 atom stereocenters. The van der Waals surface area contributed by atoms with Gasteiger partial charge in [0.1, 0.15) is 12.0 Å². The second kappa shape index (κ2) is 7.18. The number of benzene rings is 1. The number of rotatable bonds is 1. The molecule has 10 heteroatoms. The minimum atomic E-state index is -4.74. The van der Waals surface area contributed by atoms with Crippen LogP contribution in [0, 0.1) is 11.8 Å². The Kier molecular flexibility index (Phi) is 4.78. The first kappa shape index (κ1) is 20.0. The number of imidazole rings is 1. The summed E-state index contributed by atoms with van der Waals surface area (Å²) in [5.41, 5.74) is -2.10. The highest BCUT2D eigenvalue weighted by Gasteiger charge is 2.35. The van der Waals surface area contributed by atoms with Gasteiger partial charge in [0.2, 0.25) is 0 Å². The first-order chi connectivity index (χ1) is 14.1. The number of nitrogens with zero attached hydrogens (tertiary/aromatic N) is 3. The number of fused-ring (bicyclic) bond motifs is 1. The Bertz CT molecular complexity index is 1260. The van der Waals surface area contributed by atoms with E-state index in [1.54, 1.807) is 17.5 Å². The Morgan fingerprint density at radius 3 is 2.23 bits per heavy atom. The fourth-order valence-electron chi connectivity index (χ4n) is 2.73. The van der Waals surface area contributed by atoms with Gasteiger partial charge in [-0.3, -0.25) is 4.40 Å². The summed E-state index contributed by atoms with van der Waals surface area (Å²) in [5, 5.41) is 1.80. The van der Waals surface area contributed by atoms with Gasteiger partial charge in [0.15, 0.2) is 11.3 Å². The van der Waals surface area contributed by atoms with Crippen molar-refractivity contribution in [3.63, 3.8) is 0 Å². The van der Waals surface area contributed by atoms with Gasteiger partial charge in [-0.15, -0.1) is 11.3 Å². The normalized spacial score (nSPS) is 12.1. The Hall–Kier alpha value is -3.32. The van der Waals surface area contributed by atoms with Gasteiger partial charge < -0.3 is 0 Å². The third-order valence-corrected chi connectivity index (χ3v) is 4.91. The number of thiophene rings is 1. The highest BCUT2D eigenvalue weighted by Crippen LogP contribution is 2.34. The number of aromatic nitrogens is 3. The molecule has 30 heavy (non-hydrogen) atoms. The van der Waals surface area contributed by atoms with Crippen LogP contribution in [0.2, 0.25) is 0 Å². The predicted molar refractivity (Wildman–Crippen MR) is 98.7 cm³/mol. The Morgan fingerprint density at radius 2 is 1.63 bits per heavy atom. The minimum Gasteiger partial charge on any atom is -0.278 e. The van der Waals surface area contributed by atoms with Crippen LogP contribution in [0.25, 0.3) is 16.9 Å². The summed E-state index contributed by atoms with van der Waals surface area (Å²) in [6, 6.07) is 8.05. The largest absolute Gasteiger partial charge is 0.431 e. The van der Waals surface area contributed by atoms with Crippen LogP contribution in [0.3, 0.4) is 0 Å². The van der Waals surface area contributed by atoms with Crippen molar-refractivity contribution in [1.29, 1.82) is 0 Å². The van der Waals surface area contributed by atoms with Crippen LogP contribution < -0.4 is 0 Å². The molecule has 0 fully saturated rings. The SMILES string of the molecule is FC(F)(F)c1ccc(-c2cc(C(F)(F)F)n3cnc(C#Cc4cccs4)c3n2)cc1. The summed E-state index contributed by atoms with van der Waals surface area (Å²) < 4.78 is 79.9. The molecule has 0 aliphatic carbocycles. The van der Waals surface area contributed by atoms with Crippen molar-refractivity contribution in [3.05, 3.63) is 76.0 Å². The van der Waals surface area contributed by atoms with Gasteiger partial charge in [0, 0.05) is 5.56 Å². The van der Waals surface area contributed by atoms with Gasteiger partial charge in [-0.05, 0) is 41.5 Å². The van der Waals surface area contributed by atoms with E-state index in [0.717, 1.165) is 41.1 Å². The molecular weight excluding hydrogens is 428 g/mol. The molecule has 0 aliphatic rings. The zero-order valence-electron chi connectivity index (χ0n) is 14.7. The monoisotopic (exact) mass is 437 g/mol. The Morgan fingerprint density at radius 1 is 0.900 bits per heavy atom. The summed E-state index contributed by atoms with van der Waals surface area (Å²) in [5.74, 6) is 5.51. The smallest absolute Gasteiger partial charge is 0.278 e. The summed E-state index contributed by atoms with van der Waals surface area (Å²) in [4.78, 5) is 8.82. The van der Waals surface area contributed by atoms with Crippen molar-refractivity contribution in [3.8, 4) is 23.1 Å². The summed E-state index contributed by atoms with van der Waals surface area (Å²) in [6.07, 6.45) is -8.32. The fraction of sp³-hybridized carbons (Fsp3) is 0.100. The van der Waals surface area contributed by atoms with Crippen LogP contribution >= 0.6 is 11.3 Å². The molecule has 0 radical (unpaired) electrons. The van der Waals surface area contributed by atoms with Crippen molar-refractivity contribution >= 4 is 17.0 Å². The molecule has 0 unspecified atom stereocenters. The van der Waals surface area contributed by atoms with Crippen LogP contribution in [0.1, 0.15) is 21.8 Å². The molecule has 4 rings (SSSR count). The number of alkyl halides is 6. The lowest BCUT2D eigenvalue weighted by Gasteiger charge is -2.12. The van der Waals surface area contributed by atoms with E-state index in [2.05, 4.69) is 21.8 Å². The Labute approximate surface area is 169 Å². The van der Waals surface area contributed by atoms with E-state index < -0.39 is 23.6 Å². The first-order valence-electron chi connectivity index (χ1n) is 8.31. The van der Waals surface area contributed by atoms with Gasteiger partial charge in [-0.25, -0.2) is 9.97 Å². The highest BCUT2D eigenvalue weighted by molar-refractivity contribution is 7.10. The van der Waals surface area contributed by atoms with E-state index in [1.165, 1.54) is 11.3 Å². The lowest BCUT2D eigenvalue weighted by molar-refractivity contribution is -0.142. The topological polar surface area (TPSA) is 30.2 Å². The number of hydrogen-bond acceptors (Lipinski definition) is 3. The molecule has 4 aromatic rings. The average Bonchev–Trinajstić information content (AvgIpc) is 3.34. The van der Waals surface area contributed by atoms with E-state index >= 15 is 0 Å². The van der Waals surface area contributed by atoms with Crippen LogP contribution in [-0.4, -0.2) is 14.4 Å². The van der Waals surface area contributed by atoms with E-state index in [-0.39, 0.29) is 22.6 Å². The lowest BCUT2D eigenvalue weighted by Crippen LogP contribution is -2.12. The van der Waals surface area contributed by atoms with Crippen LogP contribution in [0.5, 0.6) is 0 Å². The average molecular weight is 437 g/mol. The lowest BCUT2D eigenvalue weighted by atomic mass is 10.1. The molecule has 0 spiro atoms. The fourth-order valence-corrected chi connectivity index (χ4v) is 3.30. The van der Waals surface area contributed by atoms with Crippen LogP contribution in [0.4, 0.5) is 26.3 Å². The molecule has 0 amide bonds. The van der Waals surface area contributed by atoms with Crippen molar-refractivity contribution < 1.29 is 26.3 Å². The van der Waals surface area contributed by atoms with Crippen molar-refractivity contribution in [1.82, 2.24) is 14.4 Å². The maximum absolute atomic E-state index is 13.6. The molecule has 152 valence electrons. The molecule has 0 saturated carbocycles. The zero-order chi connectivity index (χ0) is 21.5. The second-order valence-corrected chi connectivity index (χ2v) is 7.06. The quantitative estimate of drug-likeness (QED) is 0.274.